The van der Waals surface area contributed by atoms with Gasteiger partial charge in [0.25, 0.3) is 5.91 Å². The maximum absolute atomic E-state index is 14.4. The van der Waals surface area contributed by atoms with Gasteiger partial charge in [-0.1, -0.05) is 68.8 Å². The molecule has 4 N–H and O–H groups in total. The minimum absolute atomic E-state index is 0.0242. The van der Waals surface area contributed by atoms with Crippen molar-refractivity contribution in [3.63, 3.8) is 0 Å². The molecule has 16 nitrogen and oxygen atoms in total. The predicted molar refractivity (Wildman–Crippen MR) is 247 cm³/mol. The molecule has 5 heterocycles. The van der Waals surface area contributed by atoms with Crippen LogP contribution in [-0.4, -0.2) is 100 Å². The van der Waals surface area contributed by atoms with E-state index in [0.29, 0.717) is 49.8 Å². The monoisotopic (exact) mass is 896 g/mol. The summed E-state index contributed by atoms with van der Waals surface area (Å²) in [5, 5.41) is 7.44. The van der Waals surface area contributed by atoms with Gasteiger partial charge in [0, 0.05) is 36.6 Å². The molecule has 2 saturated heterocycles. The normalized spacial score (nSPS) is 20.3. The zero-order valence-electron chi connectivity index (χ0n) is 38.1. The van der Waals surface area contributed by atoms with E-state index in [9.17, 15) is 19.2 Å². The first-order valence-corrected chi connectivity index (χ1v) is 22.6. The van der Waals surface area contributed by atoms with E-state index < -0.39 is 30.3 Å². The van der Waals surface area contributed by atoms with Crippen molar-refractivity contribution >= 4 is 45.8 Å². The fourth-order valence-corrected chi connectivity index (χ4v) is 9.99. The second-order valence-corrected chi connectivity index (χ2v) is 17.7. The molecule has 9 rings (SSSR count). The summed E-state index contributed by atoms with van der Waals surface area (Å²) in [6.45, 7) is 7.26. The van der Waals surface area contributed by atoms with Crippen molar-refractivity contribution in [2.75, 3.05) is 34.5 Å². The van der Waals surface area contributed by atoms with E-state index in [2.05, 4.69) is 57.0 Å². The number of hydrogen-bond acceptors (Lipinski definition) is 10. The van der Waals surface area contributed by atoms with Gasteiger partial charge < -0.3 is 49.3 Å². The maximum atomic E-state index is 14.4. The number of hydrogen-bond donors (Lipinski definition) is 4. The number of alkyl carbamates (subject to hydrolysis) is 2. The molecule has 0 bridgehead atoms. The van der Waals surface area contributed by atoms with Gasteiger partial charge in [-0.3, -0.25) is 9.59 Å². The number of aromatic nitrogens is 4. The van der Waals surface area contributed by atoms with Crippen LogP contribution in [0.3, 0.4) is 0 Å². The first kappa shape index (κ1) is 44.3. The molecule has 6 aromatic rings. The molecule has 0 saturated carbocycles. The number of methoxy groups -OCH3 is 3. The van der Waals surface area contributed by atoms with Crippen LogP contribution in [0.4, 0.5) is 9.59 Å². The van der Waals surface area contributed by atoms with Gasteiger partial charge in [0.1, 0.15) is 36.1 Å². The lowest BCUT2D eigenvalue weighted by Crippen LogP contribution is -2.53. The fraction of sp³-hybridized carbons (Fsp3) is 0.400. The number of rotatable bonds is 12. The largest absolute Gasteiger partial charge is 0.488 e. The molecular formula is C50H56N8O8. The van der Waals surface area contributed by atoms with Crippen molar-refractivity contribution < 1.29 is 38.1 Å². The Morgan fingerprint density at radius 2 is 1.67 bits per heavy atom. The number of H-pyrrole nitrogens is 2. The molecule has 2 aromatic heterocycles. The number of imidazole rings is 2. The van der Waals surface area contributed by atoms with Crippen LogP contribution in [0.1, 0.15) is 87.4 Å². The van der Waals surface area contributed by atoms with E-state index in [0.717, 1.165) is 68.3 Å². The number of fused-ring (bicyclic) bond motifs is 6. The Balaban J connectivity index is 0.979. The molecule has 4 aromatic carbocycles. The molecule has 4 amide bonds. The lowest BCUT2D eigenvalue weighted by atomic mass is 9.92. The molecule has 3 aliphatic rings. The summed E-state index contributed by atoms with van der Waals surface area (Å²) < 4.78 is 21.8. The molecule has 0 radical (unpaired) electrons. The van der Waals surface area contributed by atoms with Crippen molar-refractivity contribution in [2.45, 2.75) is 83.3 Å². The zero-order valence-corrected chi connectivity index (χ0v) is 38.1. The van der Waals surface area contributed by atoms with Gasteiger partial charge in [-0.25, -0.2) is 19.6 Å². The van der Waals surface area contributed by atoms with E-state index in [1.165, 1.54) is 14.2 Å². The van der Waals surface area contributed by atoms with Crippen molar-refractivity contribution in [2.24, 2.45) is 11.8 Å². The second-order valence-electron chi connectivity index (χ2n) is 17.7. The van der Waals surface area contributed by atoms with Crippen molar-refractivity contribution in [1.82, 2.24) is 40.4 Å². The Morgan fingerprint density at radius 3 is 2.42 bits per heavy atom. The van der Waals surface area contributed by atoms with E-state index >= 15 is 0 Å². The number of carbonyl (C=O) groups excluding carboxylic acids is 4. The summed E-state index contributed by atoms with van der Waals surface area (Å²) in [6.07, 6.45) is 3.40. The maximum Gasteiger partial charge on any atom is 0.407 e. The van der Waals surface area contributed by atoms with Gasteiger partial charge in [0.05, 0.1) is 55.8 Å². The van der Waals surface area contributed by atoms with Gasteiger partial charge in [0.15, 0.2) is 0 Å². The highest BCUT2D eigenvalue weighted by molar-refractivity contribution is 6.07. The second kappa shape index (κ2) is 18.5. The minimum atomic E-state index is -0.956. The third kappa shape index (κ3) is 8.29. The number of ether oxygens (including phenoxy) is 4. The first-order chi connectivity index (χ1) is 32.0. The van der Waals surface area contributed by atoms with Crippen LogP contribution < -0.4 is 15.4 Å². The number of aromatic amines is 2. The Labute approximate surface area is 382 Å². The Morgan fingerprint density at radius 1 is 0.879 bits per heavy atom. The first-order valence-electron chi connectivity index (χ1n) is 22.6. The van der Waals surface area contributed by atoms with Crippen LogP contribution >= 0.6 is 0 Å². The van der Waals surface area contributed by atoms with Crippen molar-refractivity contribution in [3.05, 3.63) is 102 Å². The SMILES string of the molecule is CC[C@H](C)C(NC(=O)OC)C(=O)N1[C@@H](C)CC[C@H]1c1ncc(-c2ccc3c(c2)COc2cc4c(ccc5[nH]c(C6C[C@H](COC)CN6C(=O)[C@H](NC(=O)OC)c6ccccc6)nc54)cc2-3)[nH]1. The van der Waals surface area contributed by atoms with Crippen LogP contribution in [0, 0.1) is 11.8 Å². The number of likely N-dealkylation sites (tertiary alicyclic amines) is 2. The minimum Gasteiger partial charge on any atom is -0.488 e. The summed E-state index contributed by atoms with van der Waals surface area (Å²) in [5.41, 5.74) is 7.10. The van der Waals surface area contributed by atoms with Gasteiger partial charge in [0.2, 0.25) is 5.91 Å². The Bertz CT molecular complexity index is 2790. The third-order valence-electron chi connectivity index (χ3n) is 13.7. The van der Waals surface area contributed by atoms with Gasteiger partial charge >= 0.3 is 12.2 Å². The van der Waals surface area contributed by atoms with Crippen LogP contribution in [0.15, 0.2) is 79.0 Å². The number of carbonyl (C=O) groups is 4. The molecule has 2 unspecified atom stereocenters. The molecule has 16 heteroatoms. The lowest BCUT2D eigenvalue weighted by Gasteiger charge is -2.33. The van der Waals surface area contributed by atoms with Crippen LogP contribution in [0.25, 0.3) is 44.2 Å². The molecule has 0 spiro atoms. The van der Waals surface area contributed by atoms with Crippen LogP contribution in [0.5, 0.6) is 5.75 Å². The van der Waals surface area contributed by atoms with Crippen molar-refractivity contribution in [3.8, 4) is 28.1 Å². The molecule has 2 fully saturated rings. The standard InChI is InChI=1S/C50H56N8O8/c1-7-27(2)42(55-49(61)64-5)48(60)58-28(3)13-18-39(58)45-51-23-38(53-45)32-14-16-34-33(20-32)26-66-41-22-35-31(21-36(34)41)15-17-37-44(35)54-46(52-37)40-19-29(25-63-4)24-57(40)47(59)43(56-50(62)65-6)30-11-9-8-10-12-30/h8-12,14-17,20-23,27-29,39-40,42-43H,7,13,18-19,24-26H2,1-6H3,(H,51,53)(H,52,54)(H,55,61)(H,56,62)/t27-,28-,29-,39-,40?,42?,43+/m0/s1. The number of nitrogens with one attached hydrogen (secondary N) is 4. The summed E-state index contributed by atoms with van der Waals surface area (Å²) >= 11 is 0. The molecule has 344 valence electrons. The predicted octanol–water partition coefficient (Wildman–Crippen LogP) is 8.12. The molecule has 3 aliphatic heterocycles. The number of nitrogens with zero attached hydrogens (tertiary/aromatic N) is 4. The topological polar surface area (TPSA) is 193 Å². The Kier molecular flexibility index (Phi) is 12.4. The highest BCUT2D eigenvalue weighted by atomic mass is 16.5. The summed E-state index contributed by atoms with van der Waals surface area (Å²) in [4.78, 5) is 73.9. The van der Waals surface area contributed by atoms with Crippen molar-refractivity contribution in [1.29, 1.82) is 0 Å². The highest BCUT2D eigenvalue weighted by Crippen LogP contribution is 2.44. The molecular weight excluding hydrogens is 841 g/mol. The summed E-state index contributed by atoms with van der Waals surface area (Å²) in [7, 11) is 4.23. The molecule has 0 aliphatic carbocycles. The average molecular weight is 897 g/mol. The summed E-state index contributed by atoms with van der Waals surface area (Å²) in [5.74, 6) is 1.68. The lowest BCUT2D eigenvalue weighted by molar-refractivity contribution is -0.137. The summed E-state index contributed by atoms with van der Waals surface area (Å²) in [6, 6.07) is 21.4. The quantitative estimate of drug-likeness (QED) is 0.0933. The molecule has 66 heavy (non-hydrogen) atoms. The highest BCUT2D eigenvalue weighted by Gasteiger charge is 2.43. The van der Waals surface area contributed by atoms with Gasteiger partial charge in [-0.15, -0.1) is 0 Å². The van der Waals surface area contributed by atoms with E-state index in [1.54, 1.807) is 12.0 Å². The Hall–Kier alpha value is -6.94. The average Bonchev–Trinajstić information content (AvgIpc) is 4.17. The zero-order chi connectivity index (χ0) is 46.2. The van der Waals surface area contributed by atoms with Crippen LogP contribution in [-0.2, 0) is 30.4 Å². The van der Waals surface area contributed by atoms with Crippen LogP contribution in [0.2, 0.25) is 0 Å². The fourth-order valence-electron chi connectivity index (χ4n) is 9.99. The van der Waals surface area contributed by atoms with E-state index in [4.69, 9.17) is 28.9 Å². The smallest absolute Gasteiger partial charge is 0.407 e. The molecule has 7 atom stereocenters. The number of amides is 4. The van der Waals surface area contributed by atoms with Gasteiger partial charge in [-0.2, -0.15) is 0 Å². The van der Waals surface area contributed by atoms with Gasteiger partial charge in [-0.05, 0) is 84.0 Å². The number of benzene rings is 4. The van der Waals surface area contributed by atoms with E-state index in [-0.39, 0.29) is 35.7 Å². The van der Waals surface area contributed by atoms with E-state index in [1.807, 2.05) is 68.3 Å². The third-order valence-corrected chi connectivity index (χ3v) is 13.7.